The normalized spacial score (nSPS) is 14.8. The number of anilines is 1. The highest BCUT2D eigenvalue weighted by Crippen LogP contribution is 2.29. The van der Waals surface area contributed by atoms with Crippen LogP contribution in [0.2, 0.25) is 0 Å². The molecule has 2 rings (SSSR count). The highest BCUT2D eigenvalue weighted by atomic mass is 32.2. The second-order valence-corrected chi connectivity index (χ2v) is 5.30. The van der Waals surface area contributed by atoms with E-state index in [9.17, 15) is 4.79 Å². The largest absolute Gasteiger partial charge is 0.497 e. The van der Waals surface area contributed by atoms with Crippen molar-refractivity contribution < 1.29 is 9.53 Å². The van der Waals surface area contributed by atoms with Crippen LogP contribution in [0.25, 0.3) is 0 Å². The molecule has 2 N–H and O–H groups in total. The summed E-state index contributed by atoms with van der Waals surface area (Å²) in [5.74, 6) is 1.40. The average molecular weight is 266 g/mol. The number of benzene rings is 1. The lowest BCUT2D eigenvalue weighted by Gasteiger charge is -2.15. The van der Waals surface area contributed by atoms with Crippen LogP contribution in [0.15, 0.2) is 23.1 Å². The van der Waals surface area contributed by atoms with Crippen LogP contribution >= 0.6 is 11.8 Å². The van der Waals surface area contributed by atoms with Gasteiger partial charge in [0.2, 0.25) is 5.91 Å². The predicted octanol–water partition coefficient (Wildman–Crippen LogP) is 1.99. The number of hydrogen-bond donors (Lipinski definition) is 1. The van der Waals surface area contributed by atoms with Gasteiger partial charge >= 0.3 is 0 Å². The molecule has 0 radical (unpaired) electrons. The minimum atomic E-state index is 0.194. The van der Waals surface area contributed by atoms with E-state index < -0.39 is 0 Å². The Morgan fingerprint density at radius 3 is 2.83 bits per heavy atom. The summed E-state index contributed by atoms with van der Waals surface area (Å²) in [5.41, 5.74) is 6.57. The summed E-state index contributed by atoms with van der Waals surface area (Å²) in [6, 6.07) is 5.50. The lowest BCUT2D eigenvalue weighted by Crippen LogP contribution is -2.29. The molecule has 1 aliphatic heterocycles. The fourth-order valence-corrected chi connectivity index (χ4v) is 2.86. The lowest BCUT2D eigenvalue weighted by molar-refractivity contribution is -0.127. The van der Waals surface area contributed by atoms with Crippen LogP contribution < -0.4 is 10.5 Å². The Bertz CT molecular complexity index is 431. The summed E-state index contributed by atoms with van der Waals surface area (Å²) in [7, 11) is 1.62. The van der Waals surface area contributed by atoms with Crippen molar-refractivity contribution in [1.82, 2.24) is 4.90 Å². The molecule has 0 aromatic heterocycles. The molecule has 1 saturated heterocycles. The van der Waals surface area contributed by atoms with E-state index in [4.69, 9.17) is 10.5 Å². The van der Waals surface area contributed by atoms with E-state index in [1.807, 2.05) is 23.1 Å². The molecule has 0 spiro atoms. The molecule has 18 heavy (non-hydrogen) atoms. The van der Waals surface area contributed by atoms with Crippen molar-refractivity contribution >= 4 is 23.4 Å². The smallest absolute Gasteiger partial charge is 0.232 e. The third-order valence-corrected chi connectivity index (χ3v) is 4.09. The summed E-state index contributed by atoms with van der Waals surface area (Å²) in [4.78, 5) is 14.7. The van der Waals surface area contributed by atoms with Gasteiger partial charge in [-0.1, -0.05) is 0 Å². The molecular weight excluding hydrogens is 248 g/mol. The predicted molar refractivity (Wildman–Crippen MR) is 73.9 cm³/mol. The Morgan fingerprint density at radius 1 is 1.44 bits per heavy atom. The van der Waals surface area contributed by atoms with Gasteiger partial charge in [0, 0.05) is 23.7 Å². The quantitative estimate of drug-likeness (QED) is 0.669. The zero-order valence-corrected chi connectivity index (χ0v) is 11.3. The van der Waals surface area contributed by atoms with Crippen molar-refractivity contribution in [3.8, 4) is 5.75 Å². The maximum absolute atomic E-state index is 11.9. The van der Waals surface area contributed by atoms with Crippen molar-refractivity contribution in [2.75, 3.05) is 31.7 Å². The number of nitrogens with two attached hydrogens (primary N) is 1. The molecule has 0 saturated carbocycles. The molecule has 98 valence electrons. The summed E-state index contributed by atoms with van der Waals surface area (Å²) in [6.07, 6.45) is 2.25. The van der Waals surface area contributed by atoms with Gasteiger partial charge in [0.05, 0.1) is 12.9 Å². The zero-order valence-electron chi connectivity index (χ0n) is 10.5. The van der Waals surface area contributed by atoms with Crippen molar-refractivity contribution in [1.29, 1.82) is 0 Å². The van der Waals surface area contributed by atoms with Crippen LogP contribution in [-0.4, -0.2) is 36.8 Å². The van der Waals surface area contributed by atoms with Crippen LogP contribution in [0.5, 0.6) is 5.75 Å². The molecule has 1 fully saturated rings. The van der Waals surface area contributed by atoms with Crippen molar-refractivity contribution in [2.45, 2.75) is 17.7 Å². The number of nitrogens with zero attached hydrogens (tertiary/aromatic N) is 1. The molecule has 1 aliphatic rings. The number of ether oxygens (including phenoxy) is 1. The van der Waals surface area contributed by atoms with Crippen molar-refractivity contribution in [3.63, 3.8) is 0 Å². The second-order valence-electron chi connectivity index (χ2n) is 4.28. The number of nitrogen functional groups attached to an aromatic ring is 1. The van der Waals surface area contributed by atoms with Crippen molar-refractivity contribution in [2.24, 2.45) is 0 Å². The molecule has 0 unspecified atom stereocenters. The van der Waals surface area contributed by atoms with E-state index >= 15 is 0 Å². The molecule has 1 amide bonds. The first-order chi connectivity index (χ1) is 8.70. The van der Waals surface area contributed by atoms with Gasteiger partial charge in [-0.05, 0) is 31.0 Å². The average Bonchev–Trinajstić information content (AvgIpc) is 2.91. The first-order valence-corrected chi connectivity index (χ1v) is 7.03. The van der Waals surface area contributed by atoms with E-state index in [2.05, 4.69) is 0 Å². The molecule has 0 atom stereocenters. The maximum atomic E-state index is 11.9. The van der Waals surface area contributed by atoms with Gasteiger partial charge in [-0.2, -0.15) is 0 Å². The van der Waals surface area contributed by atoms with Gasteiger partial charge in [0.15, 0.2) is 0 Å². The summed E-state index contributed by atoms with van der Waals surface area (Å²) < 4.78 is 5.15. The Morgan fingerprint density at radius 2 is 2.17 bits per heavy atom. The number of thioether (sulfide) groups is 1. The van der Waals surface area contributed by atoms with E-state index in [-0.39, 0.29) is 5.91 Å². The molecule has 1 aromatic carbocycles. The number of likely N-dealkylation sites (tertiary alicyclic amines) is 1. The maximum Gasteiger partial charge on any atom is 0.232 e. The molecule has 1 aromatic rings. The van der Waals surface area contributed by atoms with E-state index in [0.29, 0.717) is 11.4 Å². The van der Waals surface area contributed by atoms with Crippen LogP contribution in [0, 0.1) is 0 Å². The van der Waals surface area contributed by atoms with Gasteiger partial charge in [-0.3, -0.25) is 4.79 Å². The van der Waals surface area contributed by atoms with Gasteiger partial charge in [-0.15, -0.1) is 11.8 Å². The zero-order chi connectivity index (χ0) is 13.0. The summed E-state index contributed by atoms with van der Waals surface area (Å²) in [5, 5.41) is 0. The number of carbonyl (C=O) groups is 1. The Kier molecular flexibility index (Phi) is 4.36. The molecule has 4 nitrogen and oxygen atoms in total. The summed E-state index contributed by atoms with van der Waals surface area (Å²) >= 11 is 1.48. The van der Waals surface area contributed by atoms with Gasteiger partial charge in [0.25, 0.3) is 0 Å². The monoisotopic (exact) mass is 266 g/mol. The number of rotatable bonds is 4. The fraction of sp³-hybridized carbons (Fsp3) is 0.462. The molecule has 0 bridgehead atoms. The number of hydrogen-bond acceptors (Lipinski definition) is 4. The summed E-state index contributed by atoms with van der Waals surface area (Å²) in [6.45, 7) is 1.79. The Hall–Kier alpha value is -1.36. The third kappa shape index (κ3) is 3.10. The first kappa shape index (κ1) is 13.1. The lowest BCUT2D eigenvalue weighted by atomic mass is 10.3. The first-order valence-electron chi connectivity index (χ1n) is 6.05. The van der Waals surface area contributed by atoms with E-state index in [1.54, 1.807) is 7.11 Å². The van der Waals surface area contributed by atoms with Crippen LogP contribution in [0.4, 0.5) is 5.69 Å². The van der Waals surface area contributed by atoms with Crippen LogP contribution in [0.1, 0.15) is 12.8 Å². The van der Waals surface area contributed by atoms with Gasteiger partial charge < -0.3 is 15.4 Å². The van der Waals surface area contributed by atoms with Gasteiger partial charge in [-0.25, -0.2) is 0 Å². The van der Waals surface area contributed by atoms with E-state index in [0.717, 1.165) is 36.6 Å². The Balaban J connectivity index is 1.94. The Labute approximate surface area is 111 Å². The molecule has 1 heterocycles. The number of carbonyl (C=O) groups excluding carboxylic acids is 1. The van der Waals surface area contributed by atoms with Crippen LogP contribution in [0.3, 0.4) is 0 Å². The van der Waals surface area contributed by atoms with E-state index in [1.165, 1.54) is 11.8 Å². The fourth-order valence-electron chi connectivity index (χ4n) is 1.96. The minimum Gasteiger partial charge on any atom is -0.497 e. The third-order valence-electron chi connectivity index (χ3n) is 3.03. The standard InChI is InChI=1S/C13H18N2O2S/c1-17-10-4-5-11(14)12(8-10)18-9-13(16)15-6-2-3-7-15/h4-5,8H,2-3,6-7,9,14H2,1H3. The molecule has 0 aliphatic carbocycles. The van der Waals surface area contributed by atoms with Gasteiger partial charge in [0.1, 0.15) is 5.75 Å². The molecule has 5 heteroatoms. The van der Waals surface area contributed by atoms with Crippen LogP contribution in [-0.2, 0) is 4.79 Å². The topological polar surface area (TPSA) is 55.6 Å². The van der Waals surface area contributed by atoms with Crippen molar-refractivity contribution in [3.05, 3.63) is 18.2 Å². The second kappa shape index (κ2) is 6.00. The minimum absolute atomic E-state index is 0.194. The molecular formula is C13H18N2O2S. The number of methoxy groups -OCH3 is 1. The SMILES string of the molecule is COc1ccc(N)c(SCC(=O)N2CCCC2)c1. The highest BCUT2D eigenvalue weighted by molar-refractivity contribution is 8.00. The highest BCUT2D eigenvalue weighted by Gasteiger charge is 2.18. The number of amides is 1.